The highest BCUT2D eigenvalue weighted by Gasteiger charge is 2.24. The van der Waals surface area contributed by atoms with E-state index in [1.165, 1.54) is 10.4 Å². The summed E-state index contributed by atoms with van der Waals surface area (Å²) in [6.07, 6.45) is 3.79. The van der Waals surface area contributed by atoms with Crippen LogP contribution in [0.1, 0.15) is 26.7 Å². The largest absolute Gasteiger partial charge is 0.300 e. The summed E-state index contributed by atoms with van der Waals surface area (Å²) in [5.74, 6) is 0.272. The third kappa shape index (κ3) is 3.97. The fraction of sp³-hybridized carbons (Fsp3) is 0.400. The Balaban J connectivity index is 2.79. The summed E-state index contributed by atoms with van der Waals surface area (Å²) in [5.41, 5.74) is 0. The summed E-state index contributed by atoms with van der Waals surface area (Å²) in [6, 6.07) is 10.7. The van der Waals surface area contributed by atoms with Gasteiger partial charge in [0.15, 0.2) is 0 Å². The molecular formula is C15H22OSi. The van der Waals surface area contributed by atoms with Gasteiger partial charge in [-0.2, -0.15) is 0 Å². The van der Waals surface area contributed by atoms with Gasteiger partial charge in [-0.15, -0.1) is 0 Å². The van der Waals surface area contributed by atoms with E-state index in [0.717, 1.165) is 6.42 Å². The standard InChI is InChI=1S/C15H22OSi/c1-13(16)9-8-10-14(2)17(3,4)15-11-6-5-7-12-15/h5-7,10-12H,8-9H2,1-4H3/b14-10+. The van der Waals surface area contributed by atoms with Crippen LogP contribution >= 0.6 is 0 Å². The Labute approximate surface area is 106 Å². The Bertz CT molecular complexity index is 404. The van der Waals surface area contributed by atoms with E-state index in [4.69, 9.17) is 0 Å². The zero-order valence-electron chi connectivity index (χ0n) is 11.3. The fourth-order valence-electron chi connectivity index (χ4n) is 1.83. The number of rotatable bonds is 5. The van der Waals surface area contributed by atoms with Crippen molar-refractivity contribution < 1.29 is 4.79 Å². The van der Waals surface area contributed by atoms with Gasteiger partial charge in [0.1, 0.15) is 13.9 Å². The maximum atomic E-state index is 10.9. The number of carbonyl (C=O) groups excluding carboxylic acids is 1. The SMILES string of the molecule is CC(=O)CC/C=C(\C)[Si](C)(C)c1ccccc1. The van der Waals surface area contributed by atoms with Crippen LogP contribution in [0.5, 0.6) is 0 Å². The highest BCUT2D eigenvalue weighted by atomic mass is 28.3. The molecule has 0 radical (unpaired) electrons. The molecule has 0 aliphatic rings. The summed E-state index contributed by atoms with van der Waals surface area (Å²) in [4.78, 5) is 10.9. The van der Waals surface area contributed by atoms with Crippen LogP contribution in [-0.2, 0) is 4.79 Å². The molecule has 0 atom stereocenters. The number of hydrogen-bond donors (Lipinski definition) is 0. The van der Waals surface area contributed by atoms with Gasteiger partial charge in [-0.3, -0.25) is 0 Å². The lowest BCUT2D eigenvalue weighted by molar-refractivity contribution is -0.116. The molecule has 0 unspecified atom stereocenters. The number of carbonyl (C=O) groups is 1. The lowest BCUT2D eigenvalue weighted by atomic mass is 10.2. The first-order valence-electron chi connectivity index (χ1n) is 6.17. The first-order valence-corrected chi connectivity index (χ1v) is 9.17. The number of benzene rings is 1. The molecule has 0 saturated carbocycles. The Kier molecular flexibility index (Phi) is 4.88. The molecule has 1 nitrogen and oxygen atoms in total. The smallest absolute Gasteiger partial charge is 0.130 e. The number of hydrogen-bond acceptors (Lipinski definition) is 1. The minimum absolute atomic E-state index is 0.272. The summed E-state index contributed by atoms with van der Waals surface area (Å²) < 4.78 is 0. The molecule has 0 saturated heterocycles. The van der Waals surface area contributed by atoms with Gasteiger partial charge in [0.2, 0.25) is 0 Å². The normalized spacial score (nSPS) is 12.6. The van der Waals surface area contributed by atoms with Gasteiger partial charge >= 0.3 is 0 Å². The molecule has 1 aromatic carbocycles. The quantitative estimate of drug-likeness (QED) is 0.727. The van der Waals surface area contributed by atoms with Crippen LogP contribution in [-0.4, -0.2) is 13.9 Å². The lowest BCUT2D eigenvalue weighted by Gasteiger charge is -2.24. The van der Waals surface area contributed by atoms with Gasteiger partial charge in [-0.05, 0) is 20.3 Å². The van der Waals surface area contributed by atoms with Crippen molar-refractivity contribution in [1.29, 1.82) is 0 Å². The van der Waals surface area contributed by atoms with Crippen molar-refractivity contribution >= 4 is 19.0 Å². The van der Waals surface area contributed by atoms with Gasteiger partial charge < -0.3 is 4.79 Å². The summed E-state index contributed by atoms with van der Waals surface area (Å²) in [7, 11) is -1.51. The Morgan fingerprint density at radius 2 is 1.76 bits per heavy atom. The molecule has 0 spiro atoms. The average molecular weight is 246 g/mol. The van der Waals surface area contributed by atoms with Crippen molar-refractivity contribution in [2.24, 2.45) is 0 Å². The zero-order chi connectivity index (χ0) is 12.9. The molecule has 92 valence electrons. The van der Waals surface area contributed by atoms with Crippen molar-refractivity contribution in [2.45, 2.75) is 39.8 Å². The molecular weight excluding hydrogens is 224 g/mol. The van der Waals surface area contributed by atoms with E-state index in [9.17, 15) is 4.79 Å². The topological polar surface area (TPSA) is 17.1 Å². The molecule has 0 aliphatic carbocycles. The van der Waals surface area contributed by atoms with Crippen LogP contribution in [0.4, 0.5) is 0 Å². The van der Waals surface area contributed by atoms with E-state index in [1.807, 2.05) is 0 Å². The van der Waals surface area contributed by atoms with E-state index in [-0.39, 0.29) is 5.78 Å². The second kappa shape index (κ2) is 5.96. The van der Waals surface area contributed by atoms with Crippen molar-refractivity contribution in [3.05, 3.63) is 41.6 Å². The van der Waals surface area contributed by atoms with Crippen molar-refractivity contribution in [3.63, 3.8) is 0 Å². The van der Waals surface area contributed by atoms with Crippen molar-refractivity contribution in [3.8, 4) is 0 Å². The Morgan fingerprint density at radius 1 is 1.18 bits per heavy atom. The molecule has 0 aromatic heterocycles. The summed E-state index contributed by atoms with van der Waals surface area (Å²) >= 11 is 0. The van der Waals surface area contributed by atoms with E-state index in [0.29, 0.717) is 6.42 Å². The summed E-state index contributed by atoms with van der Waals surface area (Å²) in [6.45, 7) is 8.59. The van der Waals surface area contributed by atoms with E-state index < -0.39 is 8.07 Å². The first-order chi connectivity index (χ1) is 7.94. The predicted octanol–water partition coefficient (Wildman–Crippen LogP) is 3.46. The monoisotopic (exact) mass is 246 g/mol. The molecule has 17 heavy (non-hydrogen) atoms. The van der Waals surface area contributed by atoms with Crippen LogP contribution in [0.3, 0.4) is 0 Å². The van der Waals surface area contributed by atoms with Crippen LogP contribution in [0.2, 0.25) is 13.1 Å². The molecule has 0 aliphatic heterocycles. The fourth-order valence-corrected chi connectivity index (χ4v) is 3.97. The summed E-state index contributed by atoms with van der Waals surface area (Å²) in [5, 5.41) is 2.92. The number of ketones is 1. The molecule has 0 fully saturated rings. The average Bonchev–Trinajstić information content (AvgIpc) is 2.29. The van der Waals surface area contributed by atoms with E-state index in [1.54, 1.807) is 6.92 Å². The van der Waals surface area contributed by atoms with Crippen LogP contribution in [0, 0.1) is 0 Å². The second-order valence-corrected chi connectivity index (χ2v) is 9.73. The molecule has 0 heterocycles. The van der Waals surface area contributed by atoms with Gasteiger partial charge in [-0.1, -0.05) is 59.9 Å². The number of Topliss-reactive ketones (excluding diaryl/α,β-unsaturated/α-hetero) is 1. The molecule has 0 N–H and O–H groups in total. The van der Waals surface area contributed by atoms with Gasteiger partial charge in [0.25, 0.3) is 0 Å². The minimum atomic E-state index is -1.51. The maximum Gasteiger partial charge on any atom is 0.130 e. The molecule has 1 rings (SSSR count). The predicted molar refractivity (Wildman–Crippen MR) is 77.2 cm³/mol. The van der Waals surface area contributed by atoms with Gasteiger partial charge in [0.05, 0.1) is 0 Å². The van der Waals surface area contributed by atoms with Crippen LogP contribution in [0.25, 0.3) is 0 Å². The molecule has 0 amide bonds. The Morgan fingerprint density at radius 3 is 2.29 bits per heavy atom. The van der Waals surface area contributed by atoms with Crippen molar-refractivity contribution in [2.75, 3.05) is 0 Å². The van der Waals surface area contributed by atoms with Crippen LogP contribution in [0.15, 0.2) is 41.6 Å². The third-order valence-corrected chi connectivity index (χ3v) is 7.38. The van der Waals surface area contributed by atoms with Gasteiger partial charge in [-0.25, -0.2) is 0 Å². The zero-order valence-corrected chi connectivity index (χ0v) is 12.3. The Hall–Kier alpha value is -1.15. The van der Waals surface area contributed by atoms with Crippen molar-refractivity contribution in [1.82, 2.24) is 0 Å². The molecule has 0 bridgehead atoms. The first kappa shape index (κ1) is 13.9. The molecule has 2 heteroatoms. The maximum absolute atomic E-state index is 10.9. The highest BCUT2D eigenvalue weighted by molar-refractivity contribution is 6.95. The van der Waals surface area contributed by atoms with Gasteiger partial charge in [0, 0.05) is 6.42 Å². The highest BCUT2D eigenvalue weighted by Crippen LogP contribution is 2.15. The van der Waals surface area contributed by atoms with E-state index in [2.05, 4.69) is 56.4 Å². The second-order valence-electron chi connectivity index (χ2n) is 5.12. The minimum Gasteiger partial charge on any atom is -0.300 e. The number of allylic oxidation sites excluding steroid dienone is 2. The third-order valence-electron chi connectivity index (χ3n) is 3.43. The van der Waals surface area contributed by atoms with Crippen LogP contribution < -0.4 is 5.19 Å². The van der Waals surface area contributed by atoms with E-state index >= 15 is 0 Å². The lowest BCUT2D eigenvalue weighted by Crippen LogP contribution is -2.42. The molecule has 1 aromatic rings.